The van der Waals surface area contributed by atoms with E-state index in [9.17, 15) is 13.6 Å². The SMILES string of the molecule is CC(C)[C@H](NC(=O)c1ccoc1)c1nnc2n1CCN(Cc1ccc(F)c(F)c1)CC2. The number of furan rings is 1. The molecule has 0 aliphatic carbocycles. The van der Waals surface area contributed by atoms with Gasteiger partial charge in [0.1, 0.15) is 12.1 Å². The van der Waals surface area contributed by atoms with Crippen molar-refractivity contribution in [1.82, 2.24) is 25.0 Å². The summed E-state index contributed by atoms with van der Waals surface area (Å²) in [5, 5.41) is 11.8. The minimum atomic E-state index is -0.840. The van der Waals surface area contributed by atoms with Gasteiger partial charge >= 0.3 is 0 Å². The molecular weight excluding hydrogens is 404 g/mol. The lowest BCUT2D eigenvalue weighted by Gasteiger charge is -2.23. The number of rotatable bonds is 6. The number of amides is 1. The number of carbonyl (C=O) groups excluding carboxylic acids is 1. The first-order chi connectivity index (χ1) is 14.9. The summed E-state index contributed by atoms with van der Waals surface area (Å²) < 4.78 is 33.8. The van der Waals surface area contributed by atoms with E-state index in [1.165, 1.54) is 18.6 Å². The van der Waals surface area contributed by atoms with Gasteiger partial charge in [-0.3, -0.25) is 9.69 Å². The van der Waals surface area contributed by atoms with Crippen LogP contribution in [0, 0.1) is 17.6 Å². The van der Waals surface area contributed by atoms with Crippen molar-refractivity contribution in [2.75, 3.05) is 13.1 Å². The van der Waals surface area contributed by atoms with E-state index in [4.69, 9.17) is 4.42 Å². The van der Waals surface area contributed by atoms with Crippen molar-refractivity contribution >= 4 is 5.91 Å². The molecule has 0 radical (unpaired) electrons. The number of nitrogens with one attached hydrogen (secondary N) is 1. The zero-order chi connectivity index (χ0) is 22.0. The van der Waals surface area contributed by atoms with E-state index >= 15 is 0 Å². The van der Waals surface area contributed by atoms with Gasteiger partial charge in [-0.15, -0.1) is 10.2 Å². The molecule has 0 unspecified atom stereocenters. The first-order valence-corrected chi connectivity index (χ1v) is 10.3. The number of benzene rings is 1. The van der Waals surface area contributed by atoms with Crippen molar-refractivity contribution in [3.8, 4) is 0 Å². The molecular formula is C22H25F2N5O2. The van der Waals surface area contributed by atoms with Gasteiger partial charge in [0.05, 0.1) is 17.9 Å². The zero-order valence-electron chi connectivity index (χ0n) is 17.5. The number of hydrogen-bond acceptors (Lipinski definition) is 5. The number of halogens is 2. The molecule has 31 heavy (non-hydrogen) atoms. The van der Waals surface area contributed by atoms with Gasteiger partial charge in [-0.1, -0.05) is 19.9 Å². The highest BCUT2D eigenvalue weighted by molar-refractivity contribution is 5.94. The summed E-state index contributed by atoms with van der Waals surface area (Å²) in [4.78, 5) is 14.7. The van der Waals surface area contributed by atoms with E-state index in [1.807, 2.05) is 13.8 Å². The van der Waals surface area contributed by atoms with Crippen molar-refractivity contribution < 1.29 is 18.0 Å². The van der Waals surface area contributed by atoms with Gasteiger partial charge < -0.3 is 14.3 Å². The fourth-order valence-corrected chi connectivity index (χ4v) is 3.82. The van der Waals surface area contributed by atoms with Crippen molar-refractivity contribution in [1.29, 1.82) is 0 Å². The number of carbonyl (C=O) groups is 1. The van der Waals surface area contributed by atoms with Crippen LogP contribution >= 0.6 is 0 Å². The van der Waals surface area contributed by atoms with E-state index < -0.39 is 11.6 Å². The first-order valence-electron chi connectivity index (χ1n) is 10.3. The Morgan fingerprint density at radius 1 is 1.16 bits per heavy atom. The Bertz CT molecular complexity index is 1050. The van der Waals surface area contributed by atoms with Crippen LogP contribution in [0.15, 0.2) is 41.2 Å². The molecule has 7 nitrogen and oxygen atoms in total. The van der Waals surface area contributed by atoms with Gasteiger partial charge in [0.15, 0.2) is 17.5 Å². The molecule has 1 N–H and O–H groups in total. The summed E-state index contributed by atoms with van der Waals surface area (Å²) in [7, 11) is 0. The van der Waals surface area contributed by atoms with Crippen LogP contribution in [-0.4, -0.2) is 38.7 Å². The maximum Gasteiger partial charge on any atom is 0.255 e. The Balaban J connectivity index is 1.48. The molecule has 1 amide bonds. The molecule has 1 aliphatic rings. The topological polar surface area (TPSA) is 76.2 Å². The number of hydrogen-bond donors (Lipinski definition) is 1. The second kappa shape index (κ2) is 8.97. The minimum Gasteiger partial charge on any atom is -0.472 e. The molecule has 164 valence electrons. The summed E-state index contributed by atoms with van der Waals surface area (Å²) in [5.41, 5.74) is 1.18. The molecule has 4 rings (SSSR count). The maximum atomic E-state index is 13.5. The summed E-state index contributed by atoms with van der Waals surface area (Å²) >= 11 is 0. The normalized spacial score (nSPS) is 15.5. The van der Waals surface area contributed by atoms with Crippen LogP contribution in [0.2, 0.25) is 0 Å². The van der Waals surface area contributed by atoms with Crippen LogP contribution in [0.4, 0.5) is 8.78 Å². The van der Waals surface area contributed by atoms with Crippen LogP contribution in [-0.2, 0) is 19.5 Å². The number of aromatic nitrogens is 3. The standard InChI is InChI=1S/C22H25F2N5O2/c1-14(2)20(25-22(30)16-6-10-31-13-16)21-27-26-19-5-7-28(8-9-29(19)21)12-15-3-4-17(23)18(24)11-15/h3-4,6,10-11,13-14,20H,5,7-9,12H2,1-2H3,(H,25,30)/t20-/m0/s1. The lowest BCUT2D eigenvalue weighted by molar-refractivity contribution is 0.0921. The summed E-state index contributed by atoms with van der Waals surface area (Å²) in [6, 6.07) is 5.32. The van der Waals surface area contributed by atoms with Gasteiger partial charge in [0, 0.05) is 32.6 Å². The van der Waals surface area contributed by atoms with Crippen LogP contribution in [0.1, 0.15) is 47.5 Å². The number of nitrogens with zero attached hydrogens (tertiary/aromatic N) is 4. The second-order valence-electron chi connectivity index (χ2n) is 8.11. The van der Waals surface area contributed by atoms with Crippen molar-refractivity contribution in [3.05, 3.63) is 71.2 Å². The highest BCUT2D eigenvalue weighted by atomic mass is 19.2. The van der Waals surface area contributed by atoms with Crippen LogP contribution in [0.3, 0.4) is 0 Å². The highest BCUT2D eigenvalue weighted by Gasteiger charge is 2.28. The third-order valence-electron chi connectivity index (χ3n) is 5.55. The highest BCUT2D eigenvalue weighted by Crippen LogP contribution is 2.23. The first kappa shape index (κ1) is 21.2. The number of fused-ring (bicyclic) bond motifs is 1. The predicted molar refractivity (Wildman–Crippen MR) is 109 cm³/mol. The van der Waals surface area contributed by atoms with Gasteiger partial charge in [-0.2, -0.15) is 0 Å². The summed E-state index contributed by atoms with van der Waals surface area (Å²) in [5.74, 6) is -0.223. The lowest BCUT2D eigenvalue weighted by Crippen LogP contribution is -2.34. The molecule has 3 aromatic rings. The molecule has 1 aromatic carbocycles. The Morgan fingerprint density at radius 2 is 2.00 bits per heavy atom. The average Bonchev–Trinajstić information content (AvgIpc) is 3.37. The third-order valence-corrected chi connectivity index (χ3v) is 5.55. The summed E-state index contributed by atoms with van der Waals surface area (Å²) in [6.07, 6.45) is 3.55. The summed E-state index contributed by atoms with van der Waals surface area (Å²) in [6.45, 7) is 6.65. The fraction of sp³-hybridized carbons (Fsp3) is 0.409. The Labute approximate surface area is 179 Å². The quantitative estimate of drug-likeness (QED) is 0.651. The second-order valence-corrected chi connectivity index (χ2v) is 8.11. The molecule has 0 bridgehead atoms. The Kier molecular flexibility index (Phi) is 6.13. The van der Waals surface area contributed by atoms with E-state index in [2.05, 4.69) is 25.0 Å². The van der Waals surface area contributed by atoms with Crippen molar-refractivity contribution in [2.45, 2.75) is 39.4 Å². The zero-order valence-corrected chi connectivity index (χ0v) is 17.5. The van der Waals surface area contributed by atoms with Gasteiger partial charge in [0.25, 0.3) is 5.91 Å². The molecule has 2 aromatic heterocycles. The minimum absolute atomic E-state index is 0.102. The van der Waals surface area contributed by atoms with Crippen LogP contribution in [0.5, 0.6) is 0 Å². The van der Waals surface area contributed by atoms with Gasteiger partial charge in [-0.25, -0.2) is 8.78 Å². The average molecular weight is 429 g/mol. The largest absolute Gasteiger partial charge is 0.472 e. The third kappa shape index (κ3) is 4.66. The van der Waals surface area contributed by atoms with Crippen molar-refractivity contribution in [2.24, 2.45) is 5.92 Å². The van der Waals surface area contributed by atoms with Crippen LogP contribution in [0.25, 0.3) is 0 Å². The lowest BCUT2D eigenvalue weighted by atomic mass is 10.0. The van der Waals surface area contributed by atoms with E-state index in [-0.39, 0.29) is 17.9 Å². The van der Waals surface area contributed by atoms with Gasteiger partial charge in [0.2, 0.25) is 0 Å². The van der Waals surface area contributed by atoms with E-state index in [0.717, 1.165) is 29.8 Å². The molecule has 3 heterocycles. The molecule has 0 spiro atoms. The molecule has 1 atom stereocenters. The predicted octanol–water partition coefficient (Wildman–Crippen LogP) is 3.33. The molecule has 0 saturated carbocycles. The van der Waals surface area contributed by atoms with E-state index in [0.29, 0.717) is 31.6 Å². The maximum absolute atomic E-state index is 13.5. The monoisotopic (exact) mass is 429 g/mol. The molecule has 9 heteroatoms. The Morgan fingerprint density at radius 3 is 2.71 bits per heavy atom. The molecule has 0 saturated heterocycles. The van der Waals surface area contributed by atoms with Crippen LogP contribution < -0.4 is 5.32 Å². The van der Waals surface area contributed by atoms with Crippen molar-refractivity contribution in [3.63, 3.8) is 0 Å². The van der Waals surface area contributed by atoms with E-state index in [1.54, 1.807) is 12.1 Å². The molecule has 1 aliphatic heterocycles. The Hall–Kier alpha value is -3.07. The van der Waals surface area contributed by atoms with Gasteiger partial charge in [-0.05, 0) is 29.7 Å². The fourth-order valence-electron chi connectivity index (χ4n) is 3.82. The molecule has 0 fully saturated rings. The smallest absolute Gasteiger partial charge is 0.255 e.